The number of anilines is 2. The van der Waals surface area contributed by atoms with E-state index < -0.39 is 22.0 Å². The Kier molecular flexibility index (Phi) is 6.66. The summed E-state index contributed by atoms with van der Waals surface area (Å²) >= 11 is 8.70. The molecule has 0 saturated heterocycles. The smallest absolute Gasteiger partial charge is 0.249 e. The molecular formula is C14H17ClN4O3S3. The zero-order chi connectivity index (χ0) is 18.6. The number of carbonyl (C=O) groups excluding carboxylic acids is 1. The first-order valence-electron chi connectivity index (χ1n) is 7.24. The van der Waals surface area contributed by atoms with Crippen molar-refractivity contribution >= 4 is 61.4 Å². The highest BCUT2D eigenvalue weighted by atomic mass is 35.5. The van der Waals surface area contributed by atoms with E-state index in [2.05, 4.69) is 15.5 Å². The highest BCUT2D eigenvalue weighted by Gasteiger charge is 2.29. The molecule has 0 bridgehead atoms. The van der Waals surface area contributed by atoms with Crippen LogP contribution in [0.3, 0.4) is 0 Å². The second-order valence-electron chi connectivity index (χ2n) is 5.01. The number of amides is 1. The van der Waals surface area contributed by atoms with Crippen molar-refractivity contribution < 1.29 is 13.2 Å². The van der Waals surface area contributed by atoms with E-state index in [-0.39, 0.29) is 0 Å². The van der Waals surface area contributed by atoms with Gasteiger partial charge < -0.3 is 0 Å². The summed E-state index contributed by atoms with van der Waals surface area (Å²) in [5.74, 6) is 0.338. The number of hydrogen-bond acceptors (Lipinski definition) is 7. The summed E-state index contributed by atoms with van der Waals surface area (Å²) in [6, 6.07) is 5.34. The molecule has 1 atom stereocenters. The highest BCUT2D eigenvalue weighted by Crippen LogP contribution is 2.27. The topological polar surface area (TPSA) is 92.3 Å². The van der Waals surface area contributed by atoms with Crippen LogP contribution in [0.2, 0.25) is 5.02 Å². The standard InChI is InChI=1S/C14H17ClN4O3S3/c1-4-23-14-18-17-13(24-14)16-12(20)9(2)19(25(3,21)22)11-7-5-6-10(15)8-11/h5-9H,4H2,1-3H3,(H,16,17,20)/t9-/m0/s1. The molecule has 0 aliphatic carbocycles. The van der Waals surface area contributed by atoms with Crippen LogP contribution in [0.5, 0.6) is 0 Å². The van der Waals surface area contributed by atoms with Crippen LogP contribution in [0.4, 0.5) is 10.8 Å². The molecule has 25 heavy (non-hydrogen) atoms. The van der Waals surface area contributed by atoms with Gasteiger partial charge in [-0.05, 0) is 30.9 Å². The number of aromatic nitrogens is 2. The van der Waals surface area contributed by atoms with Gasteiger partial charge in [0.15, 0.2) is 4.34 Å². The van der Waals surface area contributed by atoms with Crippen LogP contribution in [0.15, 0.2) is 28.6 Å². The fourth-order valence-electron chi connectivity index (χ4n) is 2.07. The molecule has 0 fully saturated rings. The molecule has 0 spiro atoms. The summed E-state index contributed by atoms with van der Waals surface area (Å²) in [6.45, 7) is 3.49. The third kappa shape index (κ3) is 5.30. The van der Waals surface area contributed by atoms with E-state index in [9.17, 15) is 13.2 Å². The van der Waals surface area contributed by atoms with Crippen LogP contribution in [0.1, 0.15) is 13.8 Å². The first kappa shape index (κ1) is 20.0. The molecule has 0 saturated carbocycles. The van der Waals surface area contributed by atoms with Gasteiger partial charge in [0.1, 0.15) is 6.04 Å². The predicted molar refractivity (Wildman–Crippen MR) is 103 cm³/mol. The van der Waals surface area contributed by atoms with Crippen molar-refractivity contribution in [2.45, 2.75) is 24.2 Å². The molecule has 1 amide bonds. The van der Waals surface area contributed by atoms with Crippen molar-refractivity contribution in [1.82, 2.24) is 10.2 Å². The van der Waals surface area contributed by atoms with E-state index >= 15 is 0 Å². The molecule has 2 rings (SSSR count). The van der Waals surface area contributed by atoms with Gasteiger partial charge in [0.25, 0.3) is 0 Å². The Labute approximate surface area is 159 Å². The Hall–Kier alpha value is -1.36. The summed E-state index contributed by atoms with van der Waals surface area (Å²) in [7, 11) is -3.70. The maximum absolute atomic E-state index is 12.5. The van der Waals surface area contributed by atoms with E-state index in [1.165, 1.54) is 36.1 Å². The zero-order valence-corrected chi connectivity index (χ0v) is 17.0. The number of hydrogen-bond donors (Lipinski definition) is 1. The number of nitrogens with one attached hydrogen (secondary N) is 1. The van der Waals surface area contributed by atoms with Crippen molar-refractivity contribution in [2.24, 2.45) is 0 Å². The van der Waals surface area contributed by atoms with E-state index in [1.807, 2.05) is 6.92 Å². The molecule has 0 unspecified atom stereocenters. The van der Waals surface area contributed by atoms with Crippen molar-refractivity contribution in [3.8, 4) is 0 Å². The van der Waals surface area contributed by atoms with Gasteiger partial charge in [0, 0.05) is 5.02 Å². The lowest BCUT2D eigenvalue weighted by molar-refractivity contribution is -0.116. The molecule has 136 valence electrons. The molecule has 0 aliphatic heterocycles. The molecule has 0 radical (unpaired) electrons. The average molecular weight is 421 g/mol. The summed E-state index contributed by atoms with van der Waals surface area (Å²) < 4.78 is 26.2. The van der Waals surface area contributed by atoms with Gasteiger partial charge in [-0.1, -0.05) is 47.7 Å². The van der Waals surface area contributed by atoms with Crippen LogP contribution in [0, 0.1) is 0 Å². The fourth-order valence-corrected chi connectivity index (χ4v) is 5.08. The maximum atomic E-state index is 12.5. The van der Waals surface area contributed by atoms with Crippen LogP contribution < -0.4 is 9.62 Å². The lowest BCUT2D eigenvalue weighted by Crippen LogP contribution is -2.45. The summed E-state index contributed by atoms with van der Waals surface area (Å²) in [4.78, 5) is 12.5. The Bertz CT molecular complexity index is 857. The minimum absolute atomic E-state index is 0.317. The molecule has 0 aliphatic rings. The molecule has 1 heterocycles. The van der Waals surface area contributed by atoms with Gasteiger partial charge in [-0.25, -0.2) is 8.42 Å². The lowest BCUT2D eigenvalue weighted by Gasteiger charge is -2.27. The molecule has 1 aromatic carbocycles. The molecule has 7 nitrogen and oxygen atoms in total. The van der Waals surface area contributed by atoms with Gasteiger partial charge in [-0.15, -0.1) is 10.2 Å². The first-order valence-corrected chi connectivity index (χ1v) is 11.3. The van der Waals surface area contributed by atoms with Gasteiger partial charge in [0.2, 0.25) is 21.1 Å². The Morgan fingerprint density at radius 3 is 2.76 bits per heavy atom. The van der Waals surface area contributed by atoms with Crippen LogP contribution >= 0.6 is 34.7 Å². The van der Waals surface area contributed by atoms with E-state index in [4.69, 9.17) is 11.6 Å². The largest absolute Gasteiger partial charge is 0.299 e. The van der Waals surface area contributed by atoms with Crippen molar-refractivity contribution in [1.29, 1.82) is 0 Å². The van der Waals surface area contributed by atoms with Crippen molar-refractivity contribution in [3.63, 3.8) is 0 Å². The SMILES string of the molecule is CCSc1nnc(NC(=O)[C@H](C)N(c2cccc(Cl)c2)S(C)(=O)=O)s1. The Balaban J connectivity index is 2.23. The van der Waals surface area contributed by atoms with Gasteiger partial charge in [0.05, 0.1) is 11.9 Å². The Morgan fingerprint density at radius 2 is 2.16 bits per heavy atom. The maximum Gasteiger partial charge on any atom is 0.249 e. The number of benzene rings is 1. The second kappa shape index (κ2) is 8.35. The van der Waals surface area contributed by atoms with Crippen molar-refractivity contribution in [2.75, 3.05) is 21.6 Å². The van der Waals surface area contributed by atoms with Gasteiger partial charge in [-0.3, -0.25) is 14.4 Å². The number of carbonyl (C=O) groups is 1. The van der Waals surface area contributed by atoms with Crippen molar-refractivity contribution in [3.05, 3.63) is 29.3 Å². The van der Waals surface area contributed by atoms with Crippen LogP contribution in [-0.4, -0.2) is 42.6 Å². The van der Waals surface area contributed by atoms with E-state index in [0.29, 0.717) is 15.8 Å². The lowest BCUT2D eigenvalue weighted by atomic mass is 10.2. The number of nitrogens with zero attached hydrogens (tertiary/aromatic N) is 3. The van der Waals surface area contributed by atoms with E-state index in [0.717, 1.165) is 20.7 Å². The number of halogens is 1. The minimum atomic E-state index is -3.70. The van der Waals surface area contributed by atoms with Crippen LogP contribution in [0.25, 0.3) is 0 Å². The summed E-state index contributed by atoms with van der Waals surface area (Å²) in [6.07, 6.45) is 1.04. The first-order chi connectivity index (χ1) is 11.7. The normalized spacial score (nSPS) is 12.6. The Morgan fingerprint density at radius 1 is 1.44 bits per heavy atom. The molecule has 11 heteroatoms. The van der Waals surface area contributed by atoms with E-state index in [1.54, 1.807) is 18.2 Å². The van der Waals surface area contributed by atoms with Gasteiger partial charge in [-0.2, -0.15) is 0 Å². The summed E-state index contributed by atoms with van der Waals surface area (Å²) in [5, 5.41) is 11.2. The summed E-state index contributed by atoms with van der Waals surface area (Å²) in [5.41, 5.74) is 0.317. The monoisotopic (exact) mass is 420 g/mol. The molecular weight excluding hydrogens is 404 g/mol. The third-order valence-electron chi connectivity index (χ3n) is 3.06. The predicted octanol–water partition coefficient (Wildman–Crippen LogP) is 3.10. The third-order valence-corrected chi connectivity index (χ3v) is 6.39. The highest BCUT2D eigenvalue weighted by molar-refractivity contribution is 8.01. The zero-order valence-electron chi connectivity index (χ0n) is 13.8. The molecule has 1 N–H and O–H groups in total. The fraction of sp³-hybridized carbons (Fsp3) is 0.357. The second-order valence-corrected chi connectivity index (χ2v) is 9.79. The molecule has 1 aromatic heterocycles. The van der Waals surface area contributed by atoms with Crippen LogP contribution in [-0.2, 0) is 14.8 Å². The quantitative estimate of drug-likeness (QED) is 0.546. The minimum Gasteiger partial charge on any atom is -0.299 e. The number of thioether (sulfide) groups is 1. The number of sulfonamides is 1. The van der Waals surface area contributed by atoms with Gasteiger partial charge >= 0.3 is 0 Å². The average Bonchev–Trinajstić information content (AvgIpc) is 2.93. The molecule has 2 aromatic rings. The number of rotatable bonds is 7.